The summed E-state index contributed by atoms with van der Waals surface area (Å²) in [5.74, 6) is 0.737. The highest BCUT2D eigenvalue weighted by Gasteiger charge is 2.17. The smallest absolute Gasteiger partial charge is 0.267 e. The number of hydrogen-bond acceptors (Lipinski definition) is 4. The van der Waals surface area contributed by atoms with E-state index in [1.54, 1.807) is 6.92 Å². The summed E-state index contributed by atoms with van der Waals surface area (Å²) in [5, 5.41) is 6.82. The third kappa shape index (κ3) is 2.97. The first-order chi connectivity index (χ1) is 8.18. The average Bonchev–Trinajstić information content (AvgIpc) is 2.32. The molecule has 1 aromatic heterocycles. The van der Waals surface area contributed by atoms with E-state index in [1.165, 1.54) is 11.8 Å². The number of nitrogens with zero attached hydrogens (tertiary/aromatic N) is 1. The highest BCUT2D eigenvalue weighted by atomic mass is 32.2. The van der Waals surface area contributed by atoms with Crippen molar-refractivity contribution in [2.45, 2.75) is 39.0 Å². The molecular formula is C12H16N2O2S. The fourth-order valence-corrected chi connectivity index (χ4v) is 2.81. The number of aryl methyl sites for hydroxylation is 1. The third-order valence-corrected chi connectivity index (χ3v) is 3.84. The molecule has 0 amide bonds. The monoisotopic (exact) mass is 252 g/mol. The van der Waals surface area contributed by atoms with Gasteiger partial charge >= 0.3 is 0 Å². The normalized spacial score (nSPS) is 14.4. The van der Waals surface area contributed by atoms with Gasteiger partial charge in [0.25, 0.3) is 5.56 Å². The summed E-state index contributed by atoms with van der Waals surface area (Å²) < 4.78 is 0. The highest BCUT2D eigenvalue weighted by Crippen LogP contribution is 2.21. The summed E-state index contributed by atoms with van der Waals surface area (Å²) >= 11 is 1.31. The Morgan fingerprint density at radius 3 is 2.76 bits per heavy atom. The van der Waals surface area contributed by atoms with Gasteiger partial charge in [-0.15, -0.1) is 0 Å². The maximum atomic E-state index is 11.6. The number of fused-ring (bicyclic) bond motifs is 1. The van der Waals surface area contributed by atoms with E-state index in [9.17, 15) is 9.59 Å². The molecule has 0 saturated carbocycles. The van der Waals surface area contributed by atoms with E-state index < -0.39 is 0 Å². The average molecular weight is 252 g/mol. The van der Waals surface area contributed by atoms with Crippen LogP contribution < -0.4 is 5.56 Å². The fraction of sp³-hybridized carbons (Fsp3) is 0.583. The van der Waals surface area contributed by atoms with Crippen molar-refractivity contribution >= 4 is 16.9 Å². The zero-order chi connectivity index (χ0) is 12.3. The first-order valence-corrected chi connectivity index (χ1v) is 6.89. The second-order valence-corrected chi connectivity index (χ2v) is 5.53. The van der Waals surface area contributed by atoms with Crippen molar-refractivity contribution in [2.24, 2.45) is 0 Å². The molecule has 0 unspecified atom stereocenters. The van der Waals surface area contributed by atoms with Crippen molar-refractivity contribution < 1.29 is 4.79 Å². The summed E-state index contributed by atoms with van der Waals surface area (Å²) in [6.45, 7) is 1.57. The minimum atomic E-state index is -0.0392. The Bertz CT molecular complexity index is 482. The zero-order valence-electron chi connectivity index (χ0n) is 9.91. The lowest BCUT2D eigenvalue weighted by Crippen LogP contribution is -2.23. The van der Waals surface area contributed by atoms with Crippen LogP contribution in [-0.4, -0.2) is 21.1 Å². The molecule has 0 aromatic carbocycles. The molecule has 0 bridgehead atoms. The van der Waals surface area contributed by atoms with Crippen LogP contribution in [0.2, 0.25) is 0 Å². The molecule has 2 rings (SSSR count). The van der Waals surface area contributed by atoms with Gasteiger partial charge in [-0.1, -0.05) is 11.8 Å². The van der Waals surface area contributed by atoms with Crippen LogP contribution in [0.4, 0.5) is 0 Å². The lowest BCUT2D eigenvalue weighted by molar-refractivity contribution is -0.109. The number of carbonyl (C=O) groups excluding carboxylic acids is 1. The van der Waals surface area contributed by atoms with Gasteiger partial charge in [0.15, 0.2) is 5.12 Å². The molecule has 0 aliphatic heterocycles. The highest BCUT2D eigenvalue weighted by molar-refractivity contribution is 8.13. The SMILES string of the molecule is CC(=O)SCCc1n[nH]c(=O)c2c1CCCC2. The van der Waals surface area contributed by atoms with Crippen molar-refractivity contribution in [1.29, 1.82) is 0 Å². The first-order valence-electron chi connectivity index (χ1n) is 5.91. The number of thioether (sulfide) groups is 1. The number of hydrogen-bond donors (Lipinski definition) is 1. The predicted molar refractivity (Wildman–Crippen MR) is 68.3 cm³/mol. The van der Waals surface area contributed by atoms with E-state index in [1.807, 2.05) is 0 Å². The molecule has 1 aliphatic carbocycles. The van der Waals surface area contributed by atoms with Gasteiger partial charge in [0.05, 0.1) is 5.69 Å². The number of nitrogens with one attached hydrogen (secondary N) is 1. The molecule has 0 atom stereocenters. The van der Waals surface area contributed by atoms with E-state index >= 15 is 0 Å². The molecular weight excluding hydrogens is 236 g/mol. The summed E-state index contributed by atoms with van der Waals surface area (Å²) in [6.07, 6.45) is 4.78. The van der Waals surface area contributed by atoms with Crippen LogP contribution >= 0.6 is 11.8 Å². The Labute approximate surface area is 104 Å². The summed E-state index contributed by atoms with van der Waals surface area (Å²) in [4.78, 5) is 22.5. The van der Waals surface area contributed by atoms with E-state index in [4.69, 9.17) is 0 Å². The number of rotatable bonds is 3. The van der Waals surface area contributed by atoms with E-state index in [-0.39, 0.29) is 10.7 Å². The van der Waals surface area contributed by atoms with Crippen molar-refractivity contribution in [2.75, 3.05) is 5.75 Å². The number of H-pyrrole nitrogens is 1. The van der Waals surface area contributed by atoms with Crippen LogP contribution in [0.5, 0.6) is 0 Å². The van der Waals surface area contributed by atoms with Crippen LogP contribution in [0.3, 0.4) is 0 Å². The van der Waals surface area contributed by atoms with Gasteiger partial charge in [-0.3, -0.25) is 9.59 Å². The van der Waals surface area contributed by atoms with Gasteiger partial charge in [0, 0.05) is 24.7 Å². The van der Waals surface area contributed by atoms with Gasteiger partial charge in [0.2, 0.25) is 0 Å². The first kappa shape index (κ1) is 12.4. The second-order valence-electron chi connectivity index (χ2n) is 4.25. The van der Waals surface area contributed by atoms with Gasteiger partial charge in [-0.05, 0) is 31.2 Å². The molecule has 0 fully saturated rings. The van der Waals surface area contributed by atoms with Crippen LogP contribution in [0.1, 0.15) is 36.6 Å². The Kier molecular flexibility index (Phi) is 3.99. The van der Waals surface area contributed by atoms with E-state index in [0.717, 1.165) is 54.7 Å². The van der Waals surface area contributed by atoms with Crippen LogP contribution in [0, 0.1) is 0 Å². The van der Waals surface area contributed by atoms with Crippen LogP contribution in [0.15, 0.2) is 4.79 Å². The van der Waals surface area contributed by atoms with Crippen LogP contribution in [0.25, 0.3) is 0 Å². The van der Waals surface area contributed by atoms with Crippen molar-refractivity contribution in [3.63, 3.8) is 0 Å². The molecule has 92 valence electrons. The van der Waals surface area contributed by atoms with E-state index in [2.05, 4.69) is 10.2 Å². The van der Waals surface area contributed by atoms with Gasteiger partial charge in [-0.2, -0.15) is 5.10 Å². The number of carbonyl (C=O) groups is 1. The van der Waals surface area contributed by atoms with Crippen molar-refractivity contribution in [1.82, 2.24) is 10.2 Å². The van der Waals surface area contributed by atoms with E-state index in [0.29, 0.717) is 0 Å². The zero-order valence-corrected chi connectivity index (χ0v) is 10.7. The molecule has 17 heavy (non-hydrogen) atoms. The van der Waals surface area contributed by atoms with Gasteiger partial charge in [0.1, 0.15) is 0 Å². The van der Waals surface area contributed by atoms with Crippen molar-refractivity contribution in [3.8, 4) is 0 Å². The number of aromatic nitrogens is 2. The summed E-state index contributed by atoms with van der Waals surface area (Å²) in [5.41, 5.74) is 2.97. The van der Waals surface area contributed by atoms with Crippen LogP contribution in [-0.2, 0) is 24.1 Å². The molecule has 0 saturated heterocycles. The topological polar surface area (TPSA) is 62.8 Å². The molecule has 1 aliphatic rings. The molecule has 5 heteroatoms. The standard InChI is InChI=1S/C12H16N2O2S/c1-8(15)17-7-6-11-9-4-2-3-5-10(9)12(16)14-13-11/h2-7H2,1H3,(H,14,16). The molecule has 1 N–H and O–H groups in total. The molecule has 0 radical (unpaired) electrons. The lowest BCUT2D eigenvalue weighted by Gasteiger charge is -2.16. The Morgan fingerprint density at radius 2 is 2.06 bits per heavy atom. The number of aromatic amines is 1. The molecule has 4 nitrogen and oxygen atoms in total. The maximum absolute atomic E-state index is 11.6. The Balaban J connectivity index is 2.17. The molecule has 1 heterocycles. The largest absolute Gasteiger partial charge is 0.288 e. The van der Waals surface area contributed by atoms with Crippen molar-refractivity contribution in [3.05, 3.63) is 27.2 Å². The molecule has 1 aromatic rings. The molecule has 0 spiro atoms. The Hall–Kier alpha value is -1.10. The lowest BCUT2D eigenvalue weighted by atomic mass is 9.91. The minimum absolute atomic E-state index is 0.0392. The third-order valence-electron chi connectivity index (χ3n) is 3.03. The summed E-state index contributed by atoms with van der Waals surface area (Å²) in [6, 6.07) is 0. The maximum Gasteiger partial charge on any atom is 0.267 e. The fourth-order valence-electron chi connectivity index (χ4n) is 2.23. The second kappa shape index (κ2) is 5.49. The van der Waals surface area contributed by atoms with Gasteiger partial charge < -0.3 is 0 Å². The summed E-state index contributed by atoms with van der Waals surface area (Å²) in [7, 11) is 0. The minimum Gasteiger partial charge on any atom is -0.288 e. The quantitative estimate of drug-likeness (QED) is 0.885. The Morgan fingerprint density at radius 1 is 1.35 bits per heavy atom. The van der Waals surface area contributed by atoms with Gasteiger partial charge in [-0.25, -0.2) is 5.10 Å². The predicted octanol–water partition coefficient (Wildman–Crippen LogP) is 1.47.